The fraction of sp³-hybridized carbons (Fsp3) is 1.00. The maximum absolute atomic E-state index is 2.61. The van der Waals surface area contributed by atoms with E-state index in [0.29, 0.717) is 0 Å². The van der Waals surface area contributed by atoms with E-state index in [0.717, 1.165) is 41.4 Å². The third-order valence-electron chi connectivity index (χ3n) is 9.76. The van der Waals surface area contributed by atoms with Crippen LogP contribution >= 0.6 is 0 Å². The quantitative estimate of drug-likeness (QED) is 0.319. The van der Waals surface area contributed by atoms with Crippen molar-refractivity contribution in [3.8, 4) is 0 Å². The van der Waals surface area contributed by atoms with Gasteiger partial charge in [0.25, 0.3) is 0 Å². The van der Waals surface area contributed by atoms with E-state index in [1.165, 1.54) is 38.5 Å². The molecule has 0 bridgehead atoms. The molecule has 3 aliphatic carbocycles. The Morgan fingerprint density at radius 2 is 1.07 bits per heavy atom. The molecule has 3 rings (SSSR count). The average molecular weight is 403 g/mol. The van der Waals surface area contributed by atoms with E-state index in [1.807, 2.05) is 0 Å². The zero-order valence-corrected chi connectivity index (χ0v) is 20.5. The smallest absolute Gasteiger partial charge is 0.0386 e. The first-order valence-corrected chi connectivity index (χ1v) is 14.2. The van der Waals surface area contributed by atoms with Crippen LogP contribution in [0.4, 0.5) is 0 Å². The minimum Gasteiger partial charge on any atom is -0.0654 e. The summed E-state index contributed by atoms with van der Waals surface area (Å²) in [7, 11) is 0. The lowest BCUT2D eigenvalue weighted by Crippen LogP contribution is -2.27. The monoisotopic (exact) mass is 402 g/mol. The first kappa shape index (κ1) is 23.7. The van der Waals surface area contributed by atoms with Gasteiger partial charge in [-0.1, -0.05) is 97.8 Å². The zero-order valence-electron chi connectivity index (χ0n) is 20.5. The van der Waals surface area contributed by atoms with Crippen LogP contribution in [0.25, 0.3) is 0 Å². The lowest BCUT2D eigenvalue weighted by Gasteiger charge is -2.39. The summed E-state index contributed by atoms with van der Waals surface area (Å²) in [5, 5.41) is 0. The third kappa shape index (κ3) is 7.57. The zero-order chi connectivity index (χ0) is 20.5. The Balaban J connectivity index is 1.30. The van der Waals surface area contributed by atoms with Crippen molar-refractivity contribution in [1.82, 2.24) is 0 Å². The van der Waals surface area contributed by atoms with E-state index >= 15 is 0 Å². The van der Waals surface area contributed by atoms with Gasteiger partial charge in [0.1, 0.15) is 0 Å². The fourth-order valence-electron chi connectivity index (χ4n) is 7.70. The molecule has 3 fully saturated rings. The summed E-state index contributed by atoms with van der Waals surface area (Å²) < 4.78 is 0. The van der Waals surface area contributed by atoms with E-state index in [9.17, 15) is 0 Å². The third-order valence-corrected chi connectivity index (χ3v) is 9.76. The van der Waals surface area contributed by atoms with Gasteiger partial charge in [0, 0.05) is 0 Å². The highest BCUT2D eigenvalue weighted by Gasteiger charge is 2.32. The predicted molar refractivity (Wildman–Crippen MR) is 129 cm³/mol. The molecule has 0 aromatic heterocycles. The summed E-state index contributed by atoms with van der Waals surface area (Å²) in [5.74, 6) is 7.48. The molecule has 0 nitrogen and oxygen atoms in total. The minimum absolute atomic E-state index is 0.998. The van der Waals surface area contributed by atoms with E-state index in [-0.39, 0.29) is 0 Å². The molecule has 0 saturated heterocycles. The van der Waals surface area contributed by atoms with Crippen molar-refractivity contribution in [1.29, 1.82) is 0 Å². The summed E-state index contributed by atoms with van der Waals surface area (Å²) in [4.78, 5) is 0. The van der Waals surface area contributed by atoms with Crippen LogP contribution in [0.1, 0.15) is 143 Å². The number of hydrogen-bond donors (Lipinski definition) is 0. The average Bonchev–Trinajstić information content (AvgIpc) is 2.76. The molecule has 0 aromatic carbocycles. The van der Waals surface area contributed by atoms with Crippen LogP contribution in [-0.4, -0.2) is 0 Å². The maximum Gasteiger partial charge on any atom is -0.0386 e. The summed E-state index contributed by atoms with van der Waals surface area (Å²) in [6.07, 6.45) is 29.0. The van der Waals surface area contributed by atoms with Crippen molar-refractivity contribution in [2.24, 2.45) is 41.4 Å². The molecule has 170 valence electrons. The van der Waals surface area contributed by atoms with Crippen LogP contribution in [0.5, 0.6) is 0 Å². The van der Waals surface area contributed by atoms with Gasteiger partial charge in [-0.15, -0.1) is 0 Å². The normalized spacial score (nSPS) is 37.3. The van der Waals surface area contributed by atoms with Crippen LogP contribution in [0.2, 0.25) is 0 Å². The topological polar surface area (TPSA) is 0 Å². The first-order chi connectivity index (χ1) is 14.2. The summed E-state index contributed by atoms with van der Waals surface area (Å²) in [6, 6.07) is 0. The minimum atomic E-state index is 0.998. The highest BCUT2D eigenvalue weighted by molar-refractivity contribution is 4.84. The Kier molecular flexibility index (Phi) is 10.4. The van der Waals surface area contributed by atoms with Crippen molar-refractivity contribution in [2.75, 3.05) is 0 Å². The van der Waals surface area contributed by atoms with Gasteiger partial charge in [-0.05, 0) is 86.4 Å². The molecule has 3 saturated carbocycles. The number of rotatable bonds is 10. The molecule has 0 heteroatoms. The number of hydrogen-bond acceptors (Lipinski definition) is 0. The molecule has 29 heavy (non-hydrogen) atoms. The molecule has 0 radical (unpaired) electrons. The molecule has 0 aliphatic heterocycles. The van der Waals surface area contributed by atoms with Gasteiger partial charge in [0.2, 0.25) is 0 Å². The second kappa shape index (κ2) is 12.8. The molecule has 0 N–H and O–H groups in total. The standard InChI is InChI=1S/C29H54/c1-4-6-7-9-25-10-16-27(17-11-25)23(3)22-26-14-20-29(21-15-26)28-18-12-24(8-5-2)13-19-28/h23-29H,4-22H2,1-3H3/t23-,24?,25?,26?,27?,28?,29?/m1/s1. The van der Waals surface area contributed by atoms with Crippen molar-refractivity contribution in [3.63, 3.8) is 0 Å². The SMILES string of the molecule is CCCCCC1CCC([C@H](C)CC2CCC(C3CCC(CCC)CC3)CC2)CC1. The van der Waals surface area contributed by atoms with Crippen LogP contribution in [0.15, 0.2) is 0 Å². The molecule has 0 unspecified atom stereocenters. The maximum atomic E-state index is 2.61. The van der Waals surface area contributed by atoms with Crippen molar-refractivity contribution in [2.45, 2.75) is 143 Å². The summed E-state index contributed by atoms with van der Waals surface area (Å²) in [6.45, 7) is 7.32. The Labute approximate surface area is 184 Å². The van der Waals surface area contributed by atoms with Gasteiger partial charge in [0.15, 0.2) is 0 Å². The van der Waals surface area contributed by atoms with Gasteiger partial charge < -0.3 is 0 Å². The Morgan fingerprint density at radius 3 is 1.62 bits per heavy atom. The van der Waals surface area contributed by atoms with Crippen molar-refractivity contribution >= 4 is 0 Å². The lowest BCUT2D eigenvalue weighted by atomic mass is 9.66. The first-order valence-electron chi connectivity index (χ1n) is 14.2. The summed E-state index contributed by atoms with van der Waals surface area (Å²) >= 11 is 0. The van der Waals surface area contributed by atoms with E-state index in [2.05, 4.69) is 20.8 Å². The fourth-order valence-corrected chi connectivity index (χ4v) is 7.70. The van der Waals surface area contributed by atoms with Crippen LogP contribution in [0, 0.1) is 41.4 Å². The molecule has 0 spiro atoms. The molecule has 1 atom stereocenters. The second-order valence-electron chi connectivity index (χ2n) is 11.8. The Morgan fingerprint density at radius 1 is 0.552 bits per heavy atom. The Bertz CT molecular complexity index is 402. The highest BCUT2D eigenvalue weighted by Crippen LogP contribution is 2.45. The molecular weight excluding hydrogens is 348 g/mol. The molecule has 0 amide bonds. The molecule has 0 heterocycles. The number of unbranched alkanes of at least 4 members (excludes halogenated alkanes) is 2. The van der Waals surface area contributed by atoms with E-state index < -0.39 is 0 Å². The highest BCUT2D eigenvalue weighted by atomic mass is 14.4. The summed E-state index contributed by atoms with van der Waals surface area (Å²) in [5.41, 5.74) is 0. The van der Waals surface area contributed by atoms with Gasteiger partial charge in [0.05, 0.1) is 0 Å². The van der Waals surface area contributed by atoms with E-state index in [1.54, 1.807) is 83.5 Å². The van der Waals surface area contributed by atoms with Crippen molar-refractivity contribution < 1.29 is 0 Å². The van der Waals surface area contributed by atoms with Gasteiger partial charge in [-0.25, -0.2) is 0 Å². The van der Waals surface area contributed by atoms with Gasteiger partial charge in [-0.3, -0.25) is 0 Å². The molecule has 3 aliphatic rings. The van der Waals surface area contributed by atoms with Crippen molar-refractivity contribution in [3.05, 3.63) is 0 Å². The van der Waals surface area contributed by atoms with Crippen LogP contribution in [0.3, 0.4) is 0 Å². The second-order valence-corrected chi connectivity index (χ2v) is 11.8. The predicted octanol–water partition coefficient (Wildman–Crippen LogP) is 9.81. The van der Waals surface area contributed by atoms with Crippen LogP contribution in [-0.2, 0) is 0 Å². The molecular formula is C29H54. The molecule has 0 aromatic rings. The van der Waals surface area contributed by atoms with Crippen LogP contribution < -0.4 is 0 Å². The van der Waals surface area contributed by atoms with Gasteiger partial charge >= 0.3 is 0 Å². The lowest BCUT2D eigenvalue weighted by molar-refractivity contribution is 0.122. The van der Waals surface area contributed by atoms with Gasteiger partial charge in [-0.2, -0.15) is 0 Å². The van der Waals surface area contributed by atoms with E-state index in [4.69, 9.17) is 0 Å². The Hall–Kier alpha value is 0. The largest absolute Gasteiger partial charge is 0.0654 e.